The van der Waals surface area contributed by atoms with Crippen molar-refractivity contribution in [3.05, 3.63) is 29.6 Å². The lowest BCUT2D eigenvalue weighted by Gasteiger charge is -2.15. The van der Waals surface area contributed by atoms with Crippen LogP contribution in [0, 0.1) is 24.7 Å². The third-order valence-electron chi connectivity index (χ3n) is 5.38. The molecule has 2 atom stereocenters. The van der Waals surface area contributed by atoms with Crippen molar-refractivity contribution < 1.29 is 19.2 Å². The molecule has 1 aliphatic heterocycles. The lowest BCUT2D eigenvalue weighted by molar-refractivity contribution is -0.116. The Balaban J connectivity index is 1.23. The number of amides is 2. The summed E-state index contributed by atoms with van der Waals surface area (Å²) in [6.45, 7) is 3.72. The van der Waals surface area contributed by atoms with Crippen LogP contribution < -0.4 is 5.32 Å². The Morgan fingerprint density at radius 2 is 2.19 bits per heavy atom. The van der Waals surface area contributed by atoms with Crippen molar-refractivity contribution in [1.82, 2.24) is 20.4 Å². The Bertz CT molecular complexity index is 878. The summed E-state index contributed by atoms with van der Waals surface area (Å²) in [6, 6.07) is 1.89. The second-order valence-electron chi connectivity index (χ2n) is 6.98. The Morgan fingerprint density at radius 3 is 2.92 bits per heavy atom. The third-order valence-corrected chi connectivity index (χ3v) is 5.38. The summed E-state index contributed by atoms with van der Waals surface area (Å²) in [6.07, 6.45) is 4.91. The van der Waals surface area contributed by atoms with Gasteiger partial charge in [-0.2, -0.15) is 0 Å². The van der Waals surface area contributed by atoms with Crippen molar-refractivity contribution in [3.63, 3.8) is 0 Å². The first kappa shape index (κ1) is 16.6. The van der Waals surface area contributed by atoms with Crippen LogP contribution in [-0.2, 0) is 4.79 Å². The Labute approximate surface area is 149 Å². The fourth-order valence-corrected chi connectivity index (χ4v) is 3.88. The molecular weight excluding hydrogens is 336 g/mol. The molecule has 2 fully saturated rings. The van der Waals surface area contributed by atoms with E-state index in [2.05, 4.69) is 15.5 Å². The molecule has 2 unspecified atom stereocenters. The molecule has 2 aliphatic rings. The molecule has 1 saturated heterocycles. The summed E-state index contributed by atoms with van der Waals surface area (Å²) in [5, 5.41) is 16.5. The van der Waals surface area contributed by atoms with Gasteiger partial charge in [0.25, 0.3) is 5.71 Å². The predicted octanol–water partition coefficient (Wildman–Crippen LogP) is 1.91. The first-order chi connectivity index (χ1) is 12.5. The average Bonchev–Trinajstić information content (AvgIpc) is 2.97. The number of carbonyl (C=O) groups excluding carboxylic acids is 1. The quantitative estimate of drug-likeness (QED) is 0.792. The van der Waals surface area contributed by atoms with E-state index in [1.807, 2.05) is 13.0 Å². The van der Waals surface area contributed by atoms with Crippen LogP contribution in [-0.4, -0.2) is 51.8 Å². The van der Waals surface area contributed by atoms with E-state index < -0.39 is 6.09 Å². The Hall–Kier alpha value is -2.90. The maximum atomic E-state index is 12.0. The second-order valence-corrected chi connectivity index (χ2v) is 6.98. The highest BCUT2D eigenvalue weighted by Gasteiger charge is 2.55. The fourth-order valence-electron chi connectivity index (χ4n) is 3.88. The van der Waals surface area contributed by atoms with Gasteiger partial charge >= 0.3 is 6.09 Å². The normalized spacial score (nSPS) is 24.2. The molecule has 4 rings (SSSR count). The van der Waals surface area contributed by atoms with Gasteiger partial charge in [-0.3, -0.25) is 4.79 Å². The molecule has 0 spiro atoms. The first-order valence-corrected chi connectivity index (χ1v) is 8.69. The summed E-state index contributed by atoms with van der Waals surface area (Å²) in [5.74, 6) is 1.34. The number of likely N-dealkylation sites (tertiary alicyclic amines) is 1. The van der Waals surface area contributed by atoms with Crippen LogP contribution in [0.4, 0.5) is 4.79 Å². The second kappa shape index (κ2) is 6.44. The summed E-state index contributed by atoms with van der Waals surface area (Å²) in [7, 11) is 0. The summed E-state index contributed by atoms with van der Waals surface area (Å²) >= 11 is 0. The average molecular weight is 356 g/mol. The van der Waals surface area contributed by atoms with E-state index in [1.54, 1.807) is 12.3 Å². The molecule has 2 amide bonds. The molecular formula is C18H20N4O4. The smallest absolute Gasteiger partial charge is 0.407 e. The predicted molar refractivity (Wildman–Crippen MR) is 93.3 cm³/mol. The molecule has 2 aromatic heterocycles. The van der Waals surface area contributed by atoms with E-state index in [1.165, 1.54) is 11.0 Å². The van der Waals surface area contributed by atoms with Crippen LogP contribution in [0.3, 0.4) is 0 Å². The summed E-state index contributed by atoms with van der Waals surface area (Å²) in [4.78, 5) is 28.5. The van der Waals surface area contributed by atoms with Crippen LogP contribution in [0.25, 0.3) is 17.2 Å². The number of aryl methyl sites for hydroxylation is 1. The third kappa shape index (κ3) is 3.14. The van der Waals surface area contributed by atoms with Crippen molar-refractivity contribution in [2.75, 3.05) is 19.6 Å². The molecule has 0 radical (unpaired) electrons. The van der Waals surface area contributed by atoms with Gasteiger partial charge in [-0.05, 0) is 48.8 Å². The minimum Gasteiger partial charge on any atom is -0.465 e. The zero-order valence-corrected chi connectivity index (χ0v) is 14.4. The highest BCUT2D eigenvalue weighted by Crippen LogP contribution is 2.53. The number of aromatic nitrogens is 2. The summed E-state index contributed by atoms with van der Waals surface area (Å²) in [5.41, 5.74) is 2.06. The van der Waals surface area contributed by atoms with E-state index in [-0.39, 0.29) is 5.91 Å². The van der Waals surface area contributed by atoms with Crippen molar-refractivity contribution in [2.24, 2.45) is 17.8 Å². The Morgan fingerprint density at radius 1 is 1.42 bits per heavy atom. The van der Waals surface area contributed by atoms with Gasteiger partial charge in [0.05, 0.1) is 11.1 Å². The zero-order valence-electron chi connectivity index (χ0n) is 14.4. The van der Waals surface area contributed by atoms with E-state index in [0.29, 0.717) is 43.1 Å². The number of nitrogens with zero attached hydrogens (tertiary/aromatic N) is 3. The van der Waals surface area contributed by atoms with Gasteiger partial charge in [0.2, 0.25) is 5.91 Å². The van der Waals surface area contributed by atoms with Crippen LogP contribution in [0.5, 0.6) is 0 Å². The number of pyridine rings is 1. The number of nitrogens with one attached hydrogen (secondary N) is 1. The van der Waals surface area contributed by atoms with Crippen molar-refractivity contribution >= 4 is 29.2 Å². The molecule has 136 valence electrons. The molecule has 2 N–H and O–H groups in total. The molecule has 3 heterocycles. The molecule has 26 heavy (non-hydrogen) atoms. The number of fused-ring (bicyclic) bond motifs is 2. The number of rotatable bonds is 5. The largest absolute Gasteiger partial charge is 0.465 e. The minimum absolute atomic E-state index is 0.148. The van der Waals surface area contributed by atoms with Gasteiger partial charge in [-0.25, -0.2) is 9.78 Å². The Kier molecular flexibility index (Phi) is 4.10. The van der Waals surface area contributed by atoms with Gasteiger partial charge in [-0.15, -0.1) is 0 Å². The molecule has 2 aromatic rings. The zero-order chi connectivity index (χ0) is 18.3. The van der Waals surface area contributed by atoms with Gasteiger partial charge in [-0.1, -0.05) is 5.16 Å². The first-order valence-electron chi connectivity index (χ1n) is 8.69. The molecule has 8 nitrogen and oxygen atoms in total. The lowest BCUT2D eigenvalue weighted by atomic mass is 10.2. The fraction of sp³-hybridized carbons (Fsp3) is 0.444. The standard InChI is InChI=1S/C18H20N4O4/c1-10-13-6-11(7-20-17(13)26-21-10)2-3-16(23)19-5-4-12-14-8-22(18(24)25)9-15(12)14/h2-3,6-7,12,14-15H,4-5,8-9H2,1H3,(H,19,23)(H,24,25)/b3-2+. The van der Waals surface area contributed by atoms with E-state index in [0.717, 1.165) is 23.1 Å². The maximum Gasteiger partial charge on any atom is 0.407 e. The summed E-state index contributed by atoms with van der Waals surface area (Å²) < 4.78 is 5.06. The van der Waals surface area contributed by atoms with E-state index >= 15 is 0 Å². The topological polar surface area (TPSA) is 109 Å². The molecule has 0 aromatic carbocycles. The lowest BCUT2D eigenvalue weighted by Crippen LogP contribution is -2.30. The molecule has 1 saturated carbocycles. The van der Waals surface area contributed by atoms with Crippen molar-refractivity contribution in [3.8, 4) is 0 Å². The highest BCUT2D eigenvalue weighted by atomic mass is 16.5. The van der Waals surface area contributed by atoms with E-state index in [4.69, 9.17) is 9.63 Å². The number of hydrogen-bond donors (Lipinski definition) is 2. The van der Waals surface area contributed by atoms with Gasteiger partial charge < -0.3 is 19.8 Å². The number of carbonyl (C=O) groups is 2. The number of hydrogen-bond acceptors (Lipinski definition) is 5. The minimum atomic E-state index is -0.830. The molecule has 8 heteroatoms. The van der Waals surface area contributed by atoms with Gasteiger partial charge in [0.1, 0.15) is 0 Å². The number of carboxylic acid groups (broad SMARTS) is 1. The highest BCUT2D eigenvalue weighted by molar-refractivity contribution is 5.92. The van der Waals surface area contributed by atoms with Crippen molar-refractivity contribution in [1.29, 1.82) is 0 Å². The molecule has 1 aliphatic carbocycles. The monoisotopic (exact) mass is 356 g/mol. The van der Waals surface area contributed by atoms with Crippen LogP contribution in [0.2, 0.25) is 0 Å². The van der Waals surface area contributed by atoms with Crippen molar-refractivity contribution in [2.45, 2.75) is 13.3 Å². The number of piperidine rings is 1. The van der Waals surface area contributed by atoms with E-state index in [9.17, 15) is 9.59 Å². The van der Waals surface area contributed by atoms with Crippen LogP contribution in [0.1, 0.15) is 17.7 Å². The SMILES string of the molecule is Cc1noc2ncc(/C=C/C(=O)NCCC3C4CN(C(=O)O)CC34)cc12. The van der Waals surface area contributed by atoms with Gasteiger partial charge in [0, 0.05) is 31.9 Å². The molecule has 0 bridgehead atoms. The van der Waals surface area contributed by atoms with Crippen LogP contribution in [0.15, 0.2) is 22.9 Å². The maximum absolute atomic E-state index is 12.0. The van der Waals surface area contributed by atoms with Gasteiger partial charge in [0.15, 0.2) is 0 Å². The van der Waals surface area contributed by atoms with Crippen LogP contribution >= 0.6 is 0 Å².